The molecule has 2 nitrogen and oxygen atoms in total. The summed E-state index contributed by atoms with van der Waals surface area (Å²) in [4.78, 5) is 13.4. The Morgan fingerprint density at radius 3 is 3.00 bits per heavy atom. The van der Waals surface area contributed by atoms with Gasteiger partial charge in [-0.2, -0.15) is 0 Å². The molecule has 0 saturated heterocycles. The van der Waals surface area contributed by atoms with Gasteiger partial charge in [0.25, 0.3) is 5.91 Å². The van der Waals surface area contributed by atoms with E-state index in [2.05, 4.69) is 28.7 Å². The molecule has 0 spiro atoms. The van der Waals surface area contributed by atoms with Crippen LogP contribution in [-0.2, 0) is 6.42 Å². The number of halogens is 1. The third-order valence-corrected chi connectivity index (χ3v) is 3.03. The lowest BCUT2D eigenvalue weighted by atomic mass is 10.00. The second-order valence-corrected chi connectivity index (χ2v) is 4.52. The number of carbonyl (C=O) groups is 1. The van der Waals surface area contributed by atoms with Crippen LogP contribution in [0.2, 0.25) is 0 Å². The number of hydrogen-bond acceptors (Lipinski definition) is 1. The highest BCUT2D eigenvalue weighted by Crippen LogP contribution is 2.20. The van der Waals surface area contributed by atoms with E-state index < -0.39 is 0 Å². The van der Waals surface area contributed by atoms with Crippen molar-refractivity contribution in [3.63, 3.8) is 0 Å². The second-order valence-electron chi connectivity index (χ2n) is 3.28. The quantitative estimate of drug-likeness (QED) is 0.668. The number of nitrogens with zero attached hydrogens (tertiary/aromatic N) is 1. The molecule has 0 saturated carbocycles. The highest BCUT2D eigenvalue weighted by atomic mass is 127. The van der Waals surface area contributed by atoms with Crippen molar-refractivity contribution in [3.8, 4) is 0 Å². The molecule has 68 valence electrons. The van der Waals surface area contributed by atoms with Crippen LogP contribution in [0.5, 0.6) is 0 Å². The predicted octanol–water partition coefficient (Wildman–Crippen LogP) is 1.92. The zero-order valence-electron chi connectivity index (χ0n) is 7.38. The van der Waals surface area contributed by atoms with E-state index >= 15 is 0 Å². The Bertz CT molecular complexity index is 362. The normalized spacial score (nSPS) is 15.8. The van der Waals surface area contributed by atoms with Crippen LogP contribution >= 0.6 is 22.6 Å². The van der Waals surface area contributed by atoms with E-state index in [1.807, 2.05) is 19.2 Å². The Kier molecular flexibility index (Phi) is 2.27. The standard InChI is InChI=1S/C10H10INO/c1-12-5-4-7-6-8(11)2-3-9(7)10(12)13/h2-3,6H,4-5H2,1H3. The lowest BCUT2D eigenvalue weighted by Gasteiger charge is -2.24. The van der Waals surface area contributed by atoms with Gasteiger partial charge in [-0.25, -0.2) is 0 Å². The van der Waals surface area contributed by atoms with Gasteiger partial charge >= 0.3 is 0 Å². The van der Waals surface area contributed by atoms with Crippen molar-refractivity contribution in [2.24, 2.45) is 0 Å². The average molecular weight is 287 g/mol. The van der Waals surface area contributed by atoms with Gasteiger partial charge < -0.3 is 4.90 Å². The summed E-state index contributed by atoms with van der Waals surface area (Å²) in [6.45, 7) is 0.839. The molecular weight excluding hydrogens is 277 g/mol. The fourth-order valence-electron chi connectivity index (χ4n) is 1.57. The molecule has 0 aromatic heterocycles. The zero-order valence-corrected chi connectivity index (χ0v) is 9.54. The van der Waals surface area contributed by atoms with Crippen LogP contribution in [0.3, 0.4) is 0 Å². The van der Waals surface area contributed by atoms with Crippen molar-refractivity contribution < 1.29 is 4.79 Å². The molecule has 1 aromatic carbocycles. The van der Waals surface area contributed by atoms with E-state index in [0.29, 0.717) is 0 Å². The SMILES string of the molecule is CN1CCc2cc(I)ccc2C1=O. The number of hydrogen-bond donors (Lipinski definition) is 0. The van der Waals surface area contributed by atoms with E-state index in [4.69, 9.17) is 0 Å². The highest BCUT2D eigenvalue weighted by Gasteiger charge is 2.20. The molecule has 1 aliphatic heterocycles. The van der Waals surface area contributed by atoms with Crippen LogP contribution < -0.4 is 0 Å². The van der Waals surface area contributed by atoms with E-state index in [0.717, 1.165) is 18.5 Å². The third-order valence-electron chi connectivity index (χ3n) is 2.36. The summed E-state index contributed by atoms with van der Waals surface area (Å²) in [5.74, 6) is 0.151. The molecule has 3 heteroatoms. The zero-order chi connectivity index (χ0) is 9.42. The maximum atomic E-state index is 11.7. The molecule has 0 N–H and O–H groups in total. The number of rotatable bonds is 0. The lowest BCUT2D eigenvalue weighted by Crippen LogP contribution is -2.34. The molecule has 0 atom stereocenters. The van der Waals surface area contributed by atoms with Crippen molar-refractivity contribution in [1.29, 1.82) is 0 Å². The molecule has 0 unspecified atom stereocenters. The van der Waals surface area contributed by atoms with Crippen LogP contribution in [0.15, 0.2) is 18.2 Å². The van der Waals surface area contributed by atoms with E-state index in [-0.39, 0.29) is 5.91 Å². The number of fused-ring (bicyclic) bond motifs is 1. The van der Waals surface area contributed by atoms with E-state index in [1.54, 1.807) is 4.90 Å². The van der Waals surface area contributed by atoms with Crippen LogP contribution in [0, 0.1) is 3.57 Å². The molecule has 1 aromatic rings. The molecule has 0 radical (unpaired) electrons. The van der Waals surface area contributed by atoms with Gasteiger partial charge in [-0.05, 0) is 52.8 Å². The summed E-state index contributed by atoms with van der Waals surface area (Å²) < 4.78 is 1.20. The Hall–Kier alpha value is -0.580. The van der Waals surface area contributed by atoms with E-state index in [1.165, 1.54) is 9.13 Å². The topological polar surface area (TPSA) is 20.3 Å². The molecular formula is C10H10INO. The summed E-state index contributed by atoms with van der Waals surface area (Å²) in [5, 5.41) is 0. The van der Waals surface area contributed by atoms with Crippen LogP contribution in [0.25, 0.3) is 0 Å². The second kappa shape index (κ2) is 3.29. The Morgan fingerprint density at radius 2 is 2.23 bits per heavy atom. The number of amides is 1. The van der Waals surface area contributed by atoms with Gasteiger partial charge in [0.05, 0.1) is 0 Å². The summed E-state index contributed by atoms with van der Waals surface area (Å²) in [7, 11) is 1.85. The maximum Gasteiger partial charge on any atom is 0.253 e. The molecule has 1 heterocycles. The third kappa shape index (κ3) is 1.57. The van der Waals surface area contributed by atoms with Gasteiger partial charge in [-0.3, -0.25) is 4.79 Å². The molecule has 0 aliphatic carbocycles. The van der Waals surface area contributed by atoms with Gasteiger partial charge in [-0.1, -0.05) is 0 Å². The number of carbonyl (C=O) groups excluding carboxylic acids is 1. The van der Waals surface area contributed by atoms with Gasteiger partial charge in [0.15, 0.2) is 0 Å². The summed E-state index contributed by atoms with van der Waals surface area (Å²) >= 11 is 2.27. The highest BCUT2D eigenvalue weighted by molar-refractivity contribution is 14.1. The van der Waals surface area contributed by atoms with Crippen molar-refractivity contribution in [1.82, 2.24) is 4.90 Å². The van der Waals surface area contributed by atoms with Gasteiger partial charge in [-0.15, -0.1) is 0 Å². The monoisotopic (exact) mass is 287 g/mol. The minimum atomic E-state index is 0.151. The van der Waals surface area contributed by atoms with Crippen LogP contribution in [0.4, 0.5) is 0 Å². The van der Waals surface area contributed by atoms with Crippen molar-refractivity contribution in [2.45, 2.75) is 6.42 Å². The molecule has 0 fully saturated rings. The summed E-state index contributed by atoms with van der Waals surface area (Å²) in [6.07, 6.45) is 0.981. The van der Waals surface area contributed by atoms with Crippen molar-refractivity contribution in [2.75, 3.05) is 13.6 Å². The molecule has 1 aliphatic rings. The molecule has 2 rings (SSSR count). The molecule has 13 heavy (non-hydrogen) atoms. The van der Waals surface area contributed by atoms with E-state index in [9.17, 15) is 4.79 Å². The van der Waals surface area contributed by atoms with Gasteiger partial charge in [0, 0.05) is 22.7 Å². The predicted molar refractivity (Wildman–Crippen MR) is 59.8 cm³/mol. The summed E-state index contributed by atoms with van der Waals surface area (Å²) in [5.41, 5.74) is 2.06. The maximum absolute atomic E-state index is 11.7. The lowest BCUT2D eigenvalue weighted by molar-refractivity contribution is 0.0781. The smallest absolute Gasteiger partial charge is 0.253 e. The summed E-state index contributed by atoms with van der Waals surface area (Å²) in [6, 6.07) is 6.01. The average Bonchev–Trinajstić information content (AvgIpc) is 2.12. The first-order chi connectivity index (χ1) is 6.18. The van der Waals surface area contributed by atoms with Crippen LogP contribution in [-0.4, -0.2) is 24.4 Å². The minimum Gasteiger partial charge on any atom is -0.341 e. The first-order valence-electron chi connectivity index (χ1n) is 4.22. The number of benzene rings is 1. The van der Waals surface area contributed by atoms with Gasteiger partial charge in [0.1, 0.15) is 0 Å². The minimum absolute atomic E-state index is 0.151. The van der Waals surface area contributed by atoms with Crippen LogP contribution in [0.1, 0.15) is 15.9 Å². The largest absolute Gasteiger partial charge is 0.341 e. The fraction of sp³-hybridized carbons (Fsp3) is 0.300. The van der Waals surface area contributed by atoms with Gasteiger partial charge in [0.2, 0.25) is 0 Å². The van der Waals surface area contributed by atoms with Crippen molar-refractivity contribution >= 4 is 28.5 Å². The van der Waals surface area contributed by atoms with Crippen molar-refractivity contribution in [3.05, 3.63) is 32.9 Å². The first kappa shape index (κ1) is 8.99. The number of likely N-dealkylation sites (N-methyl/N-ethyl adjacent to an activating group) is 1. The molecule has 1 amide bonds. The first-order valence-corrected chi connectivity index (χ1v) is 5.30. The molecule has 0 bridgehead atoms. The Balaban J connectivity index is 2.50. The fourth-order valence-corrected chi connectivity index (χ4v) is 2.13. The Labute approximate surface area is 91.1 Å². The Morgan fingerprint density at radius 1 is 1.46 bits per heavy atom.